The highest BCUT2D eigenvalue weighted by Crippen LogP contribution is 2.48. The summed E-state index contributed by atoms with van der Waals surface area (Å²) in [5, 5.41) is 0. The predicted octanol–water partition coefficient (Wildman–Crippen LogP) is 4.14. The normalized spacial score (nSPS) is 19.0. The summed E-state index contributed by atoms with van der Waals surface area (Å²) in [5.74, 6) is 0.438. The molecule has 1 unspecified atom stereocenters. The lowest BCUT2D eigenvalue weighted by Crippen LogP contribution is -2.21. The monoisotopic (exact) mass is 369 g/mol. The molecule has 0 radical (unpaired) electrons. The first-order valence-electron chi connectivity index (χ1n) is 8.97. The summed E-state index contributed by atoms with van der Waals surface area (Å²) in [6.07, 6.45) is 5.28. The van der Waals surface area contributed by atoms with Crippen LogP contribution in [-0.2, 0) is 4.79 Å². The molecule has 2 aliphatic rings. The van der Waals surface area contributed by atoms with E-state index >= 15 is 0 Å². The maximum absolute atomic E-state index is 12.9. The Labute approximate surface area is 161 Å². The van der Waals surface area contributed by atoms with Gasteiger partial charge in [0, 0.05) is 23.9 Å². The van der Waals surface area contributed by atoms with Crippen LogP contribution in [0.25, 0.3) is 6.08 Å². The summed E-state index contributed by atoms with van der Waals surface area (Å²) in [4.78, 5) is 29.1. The summed E-state index contributed by atoms with van der Waals surface area (Å²) < 4.78 is 11.4. The first-order chi connectivity index (χ1) is 13.7. The van der Waals surface area contributed by atoms with E-state index in [0.29, 0.717) is 17.1 Å². The van der Waals surface area contributed by atoms with Crippen LogP contribution in [0.15, 0.2) is 72.8 Å². The van der Waals surface area contributed by atoms with E-state index in [1.165, 1.54) is 0 Å². The molecule has 5 heteroatoms. The Morgan fingerprint density at radius 2 is 1.71 bits per heavy atom. The maximum Gasteiger partial charge on any atom is 0.312 e. The van der Waals surface area contributed by atoms with E-state index in [0.717, 1.165) is 16.7 Å². The first kappa shape index (κ1) is 16.4. The minimum atomic E-state index is -0.307. The van der Waals surface area contributed by atoms with Gasteiger partial charge in [-0.3, -0.25) is 14.6 Å². The number of pyridine rings is 1. The SMILES string of the molecule is O=C1CC(c2ccncc2)c2c(ccc3c2O/C(=C\c2ccccc2)C3=O)O1. The third kappa shape index (κ3) is 2.68. The summed E-state index contributed by atoms with van der Waals surface area (Å²) in [6.45, 7) is 0. The smallest absolute Gasteiger partial charge is 0.312 e. The van der Waals surface area contributed by atoms with Crippen LogP contribution in [0.2, 0.25) is 0 Å². The number of ketones is 1. The number of nitrogens with zero attached hydrogens (tertiary/aromatic N) is 1. The quantitative estimate of drug-likeness (QED) is 0.386. The van der Waals surface area contributed by atoms with Crippen LogP contribution in [0.1, 0.15) is 39.4 Å². The average Bonchev–Trinajstić information content (AvgIpc) is 3.04. The van der Waals surface area contributed by atoms with Crippen LogP contribution in [0, 0.1) is 0 Å². The Hall–Kier alpha value is -3.73. The van der Waals surface area contributed by atoms with E-state index in [1.54, 1.807) is 30.6 Å². The van der Waals surface area contributed by atoms with Crippen molar-refractivity contribution in [1.82, 2.24) is 4.98 Å². The van der Waals surface area contributed by atoms with Crippen LogP contribution >= 0.6 is 0 Å². The van der Waals surface area contributed by atoms with Gasteiger partial charge in [0.2, 0.25) is 5.78 Å². The highest BCUT2D eigenvalue weighted by atomic mass is 16.5. The van der Waals surface area contributed by atoms with Crippen molar-refractivity contribution in [3.63, 3.8) is 0 Å². The van der Waals surface area contributed by atoms with Gasteiger partial charge in [-0.1, -0.05) is 30.3 Å². The molecule has 136 valence electrons. The molecule has 0 N–H and O–H groups in total. The molecule has 0 saturated carbocycles. The highest BCUT2D eigenvalue weighted by molar-refractivity contribution is 6.15. The van der Waals surface area contributed by atoms with Gasteiger partial charge in [-0.2, -0.15) is 0 Å². The number of carbonyl (C=O) groups is 2. The molecular formula is C23H15NO4. The molecule has 0 saturated heterocycles. The third-order valence-electron chi connectivity index (χ3n) is 4.99. The molecule has 2 aromatic carbocycles. The van der Waals surface area contributed by atoms with Crippen molar-refractivity contribution < 1.29 is 19.1 Å². The van der Waals surface area contributed by atoms with E-state index in [1.807, 2.05) is 42.5 Å². The Morgan fingerprint density at radius 3 is 2.50 bits per heavy atom. The average molecular weight is 369 g/mol. The molecular weight excluding hydrogens is 354 g/mol. The molecule has 0 aliphatic carbocycles. The molecule has 0 fully saturated rings. The van der Waals surface area contributed by atoms with Crippen molar-refractivity contribution in [1.29, 1.82) is 0 Å². The van der Waals surface area contributed by atoms with Crippen LogP contribution in [0.4, 0.5) is 0 Å². The molecule has 1 aromatic heterocycles. The lowest BCUT2D eigenvalue weighted by molar-refractivity contribution is -0.135. The molecule has 5 rings (SSSR count). The van der Waals surface area contributed by atoms with Crippen molar-refractivity contribution in [3.05, 3.63) is 95.0 Å². The van der Waals surface area contributed by atoms with Crippen LogP contribution in [-0.4, -0.2) is 16.7 Å². The highest BCUT2D eigenvalue weighted by Gasteiger charge is 2.38. The number of carbonyl (C=O) groups excluding carboxylic acids is 2. The van der Waals surface area contributed by atoms with Crippen LogP contribution in [0.5, 0.6) is 11.5 Å². The summed E-state index contributed by atoms with van der Waals surface area (Å²) in [5.41, 5.74) is 3.02. The standard InChI is InChI=1S/C23H15NO4/c25-20-13-17(15-8-10-24-11-9-15)21-18(27-20)7-6-16-22(26)19(28-23(16)21)12-14-4-2-1-3-5-14/h1-12,17H,13H2/b19-12-. The van der Waals surface area contributed by atoms with Crippen molar-refractivity contribution in [2.24, 2.45) is 0 Å². The second-order valence-electron chi connectivity index (χ2n) is 6.72. The molecule has 5 nitrogen and oxygen atoms in total. The minimum Gasteiger partial charge on any atom is -0.452 e. The second-order valence-corrected chi connectivity index (χ2v) is 6.72. The number of allylic oxidation sites excluding steroid dienone is 1. The van der Waals surface area contributed by atoms with Crippen molar-refractivity contribution in [2.75, 3.05) is 0 Å². The number of Topliss-reactive ketones (excluding diaryl/α,β-unsaturated/α-hetero) is 1. The van der Waals surface area contributed by atoms with E-state index in [9.17, 15) is 9.59 Å². The van der Waals surface area contributed by atoms with Gasteiger partial charge < -0.3 is 9.47 Å². The number of fused-ring (bicyclic) bond motifs is 3. The number of aromatic nitrogens is 1. The maximum atomic E-state index is 12.9. The Morgan fingerprint density at radius 1 is 0.929 bits per heavy atom. The third-order valence-corrected chi connectivity index (χ3v) is 4.99. The number of hydrogen-bond acceptors (Lipinski definition) is 5. The Bertz CT molecular complexity index is 1120. The number of benzene rings is 2. The number of hydrogen-bond donors (Lipinski definition) is 0. The minimum absolute atomic E-state index is 0.174. The number of rotatable bonds is 2. The van der Waals surface area contributed by atoms with E-state index in [4.69, 9.17) is 9.47 Å². The van der Waals surface area contributed by atoms with E-state index in [2.05, 4.69) is 4.98 Å². The van der Waals surface area contributed by atoms with Crippen molar-refractivity contribution >= 4 is 17.8 Å². The second kappa shape index (κ2) is 6.46. The van der Waals surface area contributed by atoms with Gasteiger partial charge in [0.25, 0.3) is 0 Å². The van der Waals surface area contributed by atoms with E-state index < -0.39 is 0 Å². The summed E-state index contributed by atoms with van der Waals surface area (Å²) in [6, 6.07) is 16.6. The Kier molecular flexibility index (Phi) is 3.79. The predicted molar refractivity (Wildman–Crippen MR) is 102 cm³/mol. The van der Waals surface area contributed by atoms with E-state index in [-0.39, 0.29) is 29.9 Å². The van der Waals surface area contributed by atoms with Gasteiger partial charge >= 0.3 is 5.97 Å². The Balaban J connectivity index is 1.63. The summed E-state index contributed by atoms with van der Waals surface area (Å²) >= 11 is 0. The fourth-order valence-electron chi connectivity index (χ4n) is 3.69. The largest absolute Gasteiger partial charge is 0.452 e. The zero-order valence-corrected chi connectivity index (χ0v) is 14.8. The summed E-state index contributed by atoms with van der Waals surface area (Å²) in [7, 11) is 0. The van der Waals surface area contributed by atoms with Crippen LogP contribution < -0.4 is 9.47 Å². The molecule has 3 heterocycles. The zero-order chi connectivity index (χ0) is 19.1. The van der Waals surface area contributed by atoms with Gasteiger partial charge in [0.15, 0.2) is 5.76 Å². The molecule has 0 spiro atoms. The van der Waals surface area contributed by atoms with Crippen LogP contribution in [0.3, 0.4) is 0 Å². The lowest BCUT2D eigenvalue weighted by atomic mass is 9.85. The van der Waals surface area contributed by atoms with Crippen molar-refractivity contribution in [3.8, 4) is 11.5 Å². The van der Waals surface area contributed by atoms with Gasteiger partial charge in [-0.15, -0.1) is 0 Å². The molecule has 0 amide bonds. The molecule has 28 heavy (non-hydrogen) atoms. The van der Waals surface area contributed by atoms with Gasteiger partial charge in [-0.25, -0.2) is 0 Å². The molecule has 1 atom stereocenters. The first-order valence-corrected chi connectivity index (χ1v) is 8.97. The lowest BCUT2D eigenvalue weighted by Gasteiger charge is -2.26. The molecule has 0 bridgehead atoms. The fourth-order valence-corrected chi connectivity index (χ4v) is 3.69. The molecule has 2 aliphatic heterocycles. The number of esters is 1. The number of ether oxygens (including phenoxy) is 2. The fraction of sp³-hybridized carbons (Fsp3) is 0.0870. The molecule has 3 aromatic rings. The van der Waals surface area contributed by atoms with Crippen molar-refractivity contribution in [2.45, 2.75) is 12.3 Å². The van der Waals surface area contributed by atoms with Gasteiger partial charge in [0.1, 0.15) is 11.5 Å². The van der Waals surface area contributed by atoms with Gasteiger partial charge in [0.05, 0.1) is 12.0 Å². The van der Waals surface area contributed by atoms with Gasteiger partial charge in [-0.05, 0) is 41.5 Å². The zero-order valence-electron chi connectivity index (χ0n) is 14.8. The topological polar surface area (TPSA) is 65.5 Å².